The maximum atomic E-state index is 12.5. The molecule has 180 valence electrons. The number of nitrogens with one attached hydrogen (secondary N) is 2. The molecule has 1 aromatic heterocycles. The van der Waals surface area contributed by atoms with Crippen LogP contribution in [0.1, 0.15) is 55.5 Å². The van der Waals surface area contributed by atoms with E-state index < -0.39 is 0 Å². The maximum Gasteiger partial charge on any atom is 0.257 e. The Labute approximate surface area is 210 Å². The summed E-state index contributed by atoms with van der Waals surface area (Å²) in [7, 11) is 0. The molecule has 6 nitrogen and oxygen atoms in total. The van der Waals surface area contributed by atoms with Crippen molar-refractivity contribution < 1.29 is 13.9 Å². The third-order valence-corrected chi connectivity index (χ3v) is 6.00. The van der Waals surface area contributed by atoms with Crippen molar-refractivity contribution in [1.82, 2.24) is 10.3 Å². The van der Waals surface area contributed by atoms with Gasteiger partial charge in [-0.05, 0) is 97.2 Å². The zero-order valence-electron chi connectivity index (χ0n) is 20.1. The highest BCUT2D eigenvalue weighted by atomic mass is 32.1. The average Bonchev–Trinajstić information content (AvgIpc) is 3.31. The summed E-state index contributed by atoms with van der Waals surface area (Å²) in [4.78, 5) is 17.1. The van der Waals surface area contributed by atoms with Gasteiger partial charge < -0.3 is 14.5 Å². The van der Waals surface area contributed by atoms with Crippen molar-refractivity contribution in [2.75, 3.05) is 11.9 Å². The molecule has 0 aliphatic heterocycles. The van der Waals surface area contributed by atoms with Gasteiger partial charge in [-0.2, -0.15) is 0 Å². The second-order valence-corrected chi connectivity index (χ2v) is 8.82. The van der Waals surface area contributed by atoms with E-state index >= 15 is 0 Å². The van der Waals surface area contributed by atoms with Gasteiger partial charge in [-0.1, -0.05) is 26.8 Å². The third kappa shape index (κ3) is 6.05. The van der Waals surface area contributed by atoms with E-state index in [9.17, 15) is 4.79 Å². The van der Waals surface area contributed by atoms with Crippen LogP contribution in [0, 0.1) is 0 Å². The van der Waals surface area contributed by atoms with Gasteiger partial charge in [0.2, 0.25) is 5.89 Å². The van der Waals surface area contributed by atoms with Crippen LogP contribution in [0.3, 0.4) is 0 Å². The molecule has 0 saturated carbocycles. The molecule has 0 aliphatic carbocycles. The lowest BCUT2D eigenvalue weighted by molar-refractivity contribution is 0.0977. The van der Waals surface area contributed by atoms with Gasteiger partial charge in [0.1, 0.15) is 11.3 Å². The summed E-state index contributed by atoms with van der Waals surface area (Å²) in [6.45, 7) is 7.07. The first-order valence-electron chi connectivity index (χ1n) is 11.8. The summed E-state index contributed by atoms with van der Waals surface area (Å²) < 4.78 is 11.5. The quantitative estimate of drug-likeness (QED) is 0.263. The van der Waals surface area contributed by atoms with Crippen molar-refractivity contribution in [3.05, 3.63) is 77.9 Å². The maximum absolute atomic E-state index is 12.5. The van der Waals surface area contributed by atoms with E-state index in [0.29, 0.717) is 24.0 Å². The second kappa shape index (κ2) is 11.1. The van der Waals surface area contributed by atoms with E-state index in [1.165, 1.54) is 5.56 Å². The summed E-state index contributed by atoms with van der Waals surface area (Å²) in [6, 6.07) is 20.7. The molecule has 4 aromatic rings. The molecule has 1 amide bonds. The number of aromatic nitrogens is 1. The molecular formula is C28H29N3O3S. The number of nitrogens with zero attached hydrogens (tertiary/aromatic N) is 1. The molecule has 0 fully saturated rings. The standard InChI is InChI=1S/C28H29N3O3S/c1-4-16-33-23-13-8-19(9-14-23)26(32)31-28(35)29-22-11-6-20(7-12-22)27-30-24-17-21(18(3)5-2)10-15-25(24)34-27/h6-15,17-18H,4-5,16H2,1-3H3,(H2,29,31,32,35). The molecule has 0 aliphatic rings. The minimum absolute atomic E-state index is 0.216. The summed E-state index contributed by atoms with van der Waals surface area (Å²) in [5, 5.41) is 5.95. The van der Waals surface area contributed by atoms with Gasteiger partial charge in [0.05, 0.1) is 6.61 Å². The lowest BCUT2D eigenvalue weighted by Crippen LogP contribution is -2.34. The highest BCUT2D eigenvalue weighted by molar-refractivity contribution is 7.80. The van der Waals surface area contributed by atoms with Gasteiger partial charge in [0.15, 0.2) is 10.7 Å². The van der Waals surface area contributed by atoms with E-state index in [-0.39, 0.29) is 11.0 Å². The first-order valence-corrected chi connectivity index (χ1v) is 12.2. The number of carbonyl (C=O) groups is 1. The van der Waals surface area contributed by atoms with Crippen molar-refractivity contribution in [3.63, 3.8) is 0 Å². The summed E-state index contributed by atoms with van der Waals surface area (Å²) >= 11 is 5.31. The predicted octanol–water partition coefficient (Wildman–Crippen LogP) is 6.92. The Balaban J connectivity index is 1.37. The molecule has 3 aromatic carbocycles. The van der Waals surface area contributed by atoms with Crippen LogP contribution >= 0.6 is 12.2 Å². The molecular weight excluding hydrogens is 458 g/mol. The van der Waals surface area contributed by atoms with Crippen LogP contribution in [0.2, 0.25) is 0 Å². The molecule has 35 heavy (non-hydrogen) atoms. The summed E-state index contributed by atoms with van der Waals surface area (Å²) in [5.74, 6) is 1.49. The first-order chi connectivity index (χ1) is 17.0. The highest BCUT2D eigenvalue weighted by Gasteiger charge is 2.12. The van der Waals surface area contributed by atoms with Crippen molar-refractivity contribution >= 4 is 40.0 Å². The molecule has 0 spiro atoms. The predicted molar refractivity (Wildman–Crippen MR) is 144 cm³/mol. The Morgan fingerprint density at radius 3 is 2.49 bits per heavy atom. The average molecular weight is 488 g/mol. The number of hydrogen-bond acceptors (Lipinski definition) is 5. The Morgan fingerprint density at radius 2 is 1.80 bits per heavy atom. The largest absolute Gasteiger partial charge is 0.494 e. The number of carbonyl (C=O) groups excluding carboxylic acids is 1. The number of amides is 1. The number of hydrogen-bond donors (Lipinski definition) is 2. The zero-order valence-corrected chi connectivity index (χ0v) is 20.9. The van der Waals surface area contributed by atoms with E-state index in [4.69, 9.17) is 21.4 Å². The number of benzene rings is 3. The number of thiocarbonyl (C=S) groups is 1. The molecule has 4 rings (SSSR count). The van der Waals surface area contributed by atoms with E-state index in [1.54, 1.807) is 24.3 Å². The highest BCUT2D eigenvalue weighted by Crippen LogP contribution is 2.28. The molecule has 1 unspecified atom stereocenters. The second-order valence-electron chi connectivity index (χ2n) is 8.41. The normalized spacial score (nSPS) is 11.7. The monoisotopic (exact) mass is 487 g/mol. The van der Waals surface area contributed by atoms with E-state index in [2.05, 4.69) is 41.6 Å². The fourth-order valence-corrected chi connectivity index (χ4v) is 3.78. The fraction of sp³-hybridized carbons (Fsp3) is 0.250. The third-order valence-electron chi connectivity index (χ3n) is 5.80. The van der Waals surface area contributed by atoms with Crippen LogP contribution in [0.4, 0.5) is 5.69 Å². The number of ether oxygens (including phenoxy) is 1. The number of oxazole rings is 1. The van der Waals surface area contributed by atoms with Crippen LogP contribution in [0.5, 0.6) is 5.75 Å². The Kier molecular flexibility index (Phi) is 7.77. The number of fused-ring (bicyclic) bond motifs is 1. The lowest BCUT2D eigenvalue weighted by atomic mass is 9.98. The van der Waals surface area contributed by atoms with Crippen LogP contribution < -0.4 is 15.4 Å². The van der Waals surface area contributed by atoms with Crippen LogP contribution in [-0.4, -0.2) is 22.6 Å². The van der Waals surface area contributed by atoms with Gasteiger partial charge >= 0.3 is 0 Å². The number of rotatable bonds is 8. The molecule has 0 bridgehead atoms. The van der Waals surface area contributed by atoms with Crippen molar-refractivity contribution in [3.8, 4) is 17.2 Å². The molecule has 2 N–H and O–H groups in total. The Morgan fingerprint density at radius 1 is 1.06 bits per heavy atom. The SMILES string of the molecule is CCCOc1ccc(C(=O)NC(=S)Nc2ccc(-c3nc4cc(C(C)CC)ccc4o3)cc2)cc1. The lowest BCUT2D eigenvalue weighted by Gasteiger charge is -2.10. The fourth-order valence-electron chi connectivity index (χ4n) is 3.57. The van der Waals surface area contributed by atoms with Crippen molar-refractivity contribution in [2.45, 2.75) is 39.5 Å². The Hall–Kier alpha value is -3.71. The van der Waals surface area contributed by atoms with E-state index in [0.717, 1.165) is 40.9 Å². The van der Waals surface area contributed by atoms with Crippen molar-refractivity contribution in [1.29, 1.82) is 0 Å². The van der Waals surface area contributed by atoms with Gasteiger partial charge in [0.25, 0.3) is 5.91 Å². The van der Waals surface area contributed by atoms with Gasteiger partial charge in [0, 0.05) is 16.8 Å². The minimum atomic E-state index is -0.288. The zero-order chi connectivity index (χ0) is 24.8. The Bertz CT molecular complexity index is 1310. The first kappa shape index (κ1) is 24.4. The molecule has 7 heteroatoms. The van der Waals surface area contributed by atoms with E-state index in [1.807, 2.05) is 37.3 Å². The topological polar surface area (TPSA) is 76.4 Å². The number of anilines is 1. The van der Waals surface area contributed by atoms with Crippen LogP contribution in [0.15, 0.2) is 71.1 Å². The summed E-state index contributed by atoms with van der Waals surface area (Å²) in [6.07, 6.45) is 2.00. The summed E-state index contributed by atoms with van der Waals surface area (Å²) in [5.41, 5.74) is 4.99. The van der Waals surface area contributed by atoms with Crippen LogP contribution in [0.25, 0.3) is 22.6 Å². The van der Waals surface area contributed by atoms with Gasteiger partial charge in [-0.3, -0.25) is 10.1 Å². The molecule has 0 radical (unpaired) electrons. The van der Waals surface area contributed by atoms with Gasteiger partial charge in [-0.25, -0.2) is 4.98 Å². The molecule has 1 atom stereocenters. The smallest absolute Gasteiger partial charge is 0.257 e. The van der Waals surface area contributed by atoms with Gasteiger partial charge in [-0.15, -0.1) is 0 Å². The molecule has 0 saturated heterocycles. The minimum Gasteiger partial charge on any atom is -0.494 e. The van der Waals surface area contributed by atoms with Crippen molar-refractivity contribution in [2.24, 2.45) is 0 Å². The molecule has 1 heterocycles. The van der Waals surface area contributed by atoms with Crippen LogP contribution in [-0.2, 0) is 0 Å².